The van der Waals surface area contributed by atoms with Crippen LogP contribution in [-0.4, -0.2) is 10.1 Å². The van der Waals surface area contributed by atoms with E-state index in [1.807, 2.05) is 85.2 Å². The summed E-state index contributed by atoms with van der Waals surface area (Å²) in [6.07, 6.45) is 3.67. The number of aliphatic hydroxyl groups excluding tert-OH is 1. The number of pyridine rings is 1. The maximum Gasteiger partial charge on any atom is 0.288 e. The number of nitrogens with one attached hydrogen (secondary N) is 1. The number of rotatable bonds is 4. The highest BCUT2D eigenvalue weighted by atomic mass is 35.5. The number of halogens is 1. The van der Waals surface area contributed by atoms with Crippen LogP contribution in [0.25, 0.3) is 22.2 Å². The number of thiocarbonyl (C=S) groups is 1. The summed E-state index contributed by atoms with van der Waals surface area (Å²) < 4.78 is 1.78. The maximum atomic E-state index is 11.1. The molecule has 0 atom stereocenters. The van der Waals surface area contributed by atoms with Gasteiger partial charge in [0.1, 0.15) is 0 Å². The van der Waals surface area contributed by atoms with E-state index in [-0.39, 0.29) is 5.76 Å². The Morgan fingerprint density at radius 1 is 0.828 bits per heavy atom. The molecule has 0 saturated heterocycles. The molecule has 4 aromatic rings. The zero-order chi connectivity index (χ0) is 20.2. The van der Waals surface area contributed by atoms with Crippen LogP contribution >= 0.6 is 23.8 Å². The van der Waals surface area contributed by atoms with E-state index in [4.69, 9.17) is 23.8 Å². The van der Waals surface area contributed by atoms with Crippen LogP contribution in [0, 0.1) is 0 Å². The van der Waals surface area contributed by atoms with Crippen LogP contribution in [0.4, 0.5) is 5.69 Å². The monoisotopic (exact) mass is 417 g/mol. The molecule has 1 aromatic heterocycles. The Morgan fingerprint density at radius 3 is 2.31 bits per heavy atom. The third kappa shape index (κ3) is 3.99. The fourth-order valence-electron chi connectivity index (χ4n) is 3.19. The highest BCUT2D eigenvalue weighted by Crippen LogP contribution is 2.27. The summed E-state index contributed by atoms with van der Waals surface area (Å²) >= 11 is 12.1. The molecule has 0 bridgehead atoms. The smallest absolute Gasteiger partial charge is 0.288 e. The number of nitrogens with zero attached hydrogens (tertiary/aromatic N) is 1. The number of fused-ring (bicyclic) bond motifs is 1. The lowest BCUT2D eigenvalue weighted by molar-refractivity contribution is -0.575. The second-order valence-corrected chi connectivity index (χ2v) is 7.26. The largest absolute Gasteiger partial charge is 0.502 e. The average Bonchev–Trinajstić information content (AvgIpc) is 2.75. The van der Waals surface area contributed by atoms with Crippen molar-refractivity contribution in [2.75, 3.05) is 5.32 Å². The molecule has 0 amide bonds. The lowest BCUT2D eigenvalue weighted by Gasteiger charge is -2.12. The van der Waals surface area contributed by atoms with Crippen molar-refractivity contribution in [1.82, 2.24) is 0 Å². The van der Waals surface area contributed by atoms with E-state index in [0.29, 0.717) is 21.3 Å². The summed E-state index contributed by atoms with van der Waals surface area (Å²) in [5.74, 6) is 0.00420. The van der Waals surface area contributed by atoms with Gasteiger partial charge in [0.15, 0.2) is 17.4 Å². The highest BCUT2D eigenvalue weighted by molar-refractivity contribution is 7.81. The van der Waals surface area contributed by atoms with E-state index in [1.165, 1.54) is 0 Å². The van der Waals surface area contributed by atoms with Crippen molar-refractivity contribution < 1.29 is 9.67 Å². The van der Waals surface area contributed by atoms with Crippen molar-refractivity contribution in [2.45, 2.75) is 0 Å². The van der Waals surface area contributed by atoms with Crippen molar-refractivity contribution in [3.05, 3.63) is 108 Å². The van der Waals surface area contributed by atoms with Crippen LogP contribution in [0.5, 0.6) is 0 Å². The van der Waals surface area contributed by atoms with E-state index in [1.54, 1.807) is 16.7 Å². The molecular weight excluding hydrogens is 400 g/mol. The molecule has 0 fully saturated rings. The van der Waals surface area contributed by atoms with Gasteiger partial charge in [-0.2, -0.15) is 4.57 Å². The van der Waals surface area contributed by atoms with Gasteiger partial charge in [0.05, 0.1) is 5.02 Å². The van der Waals surface area contributed by atoms with Gasteiger partial charge < -0.3 is 10.4 Å². The van der Waals surface area contributed by atoms with Gasteiger partial charge in [0.25, 0.3) is 5.70 Å². The molecule has 4 rings (SSSR count). The van der Waals surface area contributed by atoms with Crippen molar-refractivity contribution >= 4 is 56.7 Å². The lowest BCUT2D eigenvalue weighted by atomic mass is 10.1. The van der Waals surface area contributed by atoms with Gasteiger partial charge >= 0.3 is 0 Å². The Bertz CT molecular complexity index is 1220. The van der Waals surface area contributed by atoms with Gasteiger partial charge in [-0.25, -0.2) is 0 Å². The Labute approximate surface area is 179 Å². The fraction of sp³-hybridized carbons (Fsp3) is 0. The first-order valence-electron chi connectivity index (χ1n) is 9.09. The number of aromatic nitrogens is 1. The van der Waals surface area contributed by atoms with E-state index in [0.717, 1.165) is 16.5 Å². The Morgan fingerprint density at radius 2 is 1.52 bits per heavy atom. The minimum atomic E-state index is 0.00420. The van der Waals surface area contributed by atoms with E-state index in [2.05, 4.69) is 5.32 Å². The first-order chi connectivity index (χ1) is 14.1. The SMILES string of the molecule is OC(=C(C(=S)Nc1cccc2ccccc12)[n+]1ccccc1)c1ccccc1Cl. The average molecular weight is 418 g/mol. The Balaban J connectivity index is 1.83. The van der Waals surface area contributed by atoms with Crippen LogP contribution in [0.3, 0.4) is 0 Å². The van der Waals surface area contributed by atoms with Crippen LogP contribution in [0.2, 0.25) is 5.02 Å². The van der Waals surface area contributed by atoms with Gasteiger partial charge in [-0.3, -0.25) is 0 Å². The molecule has 0 spiro atoms. The minimum Gasteiger partial charge on any atom is -0.502 e. The Kier molecular flexibility index (Phi) is 5.56. The number of anilines is 1. The zero-order valence-electron chi connectivity index (χ0n) is 15.4. The normalized spacial score (nSPS) is 11.8. The number of benzene rings is 3. The molecule has 0 aliphatic rings. The molecule has 29 heavy (non-hydrogen) atoms. The predicted octanol–water partition coefficient (Wildman–Crippen LogP) is 6.10. The molecule has 0 aliphatic carbocycles. The quantitative estimate of drug-likeness (QED) is 0.182. The molecule has 0 unspecified atom stereocenters. The molecule has 3 nitrogen and oxygen atoms in total. The molecule has 0 saturated carbocycles. The first kappa shape index (κ1) is 19.1. The molecule has 3 aromatic carbocycles. The molecule has 2 N–H and O–H groups in total. The van der Waals surface area contributed by atoms with E-state index >= 15 is 0 Å². The van der Waals surface area contributed by atoms with E-state index < -0.39 is 0 Å². The third-order valence-corrected chi connectivity index (χ3v) is 5.20. The number of hydrogen-bond donors (Lipinski definition) is 2. The van der Waals surface area contributed by atoms with Crippen molar-refractivity contribution in [3.8, 4) is 0 Å². The highest BCUT2D eigenvalue weighted by Gasteiger charge is 2.25. The first-order valence-corrected chi connectivity index (χ1v) is 9.87. The summed E-state index contributed by atoms with van der Waals surface area (Å²) in [7, 11) is 0. The van der Waals surface area contributed by atoms with Gasteiger partial charge in [-0.15, -0.1) is 0 Å². The van der Waals surface area contributed by atoms with Crippen LogP contribution in [0.1, 0.15) is 5.56 Å². The second-order valence-electron chi connectivity index (χ2n) is 6.44. The van der Waals surface area contributed by atoms with Gasteiger partial charge in [0, 0.05) is 28.8 Å². The fourth-order valence-corrected chi connectivity index (χ4v) is 3.73. The van der Waals surface area contributed by atoms with Gasteiger partial charge in [0.2, 0.25) is 5.76 Å². The topological polar surface area (TPSA) is 36.1 Å². The standard InChI is InChI=1S/C24H17ClN2OS/c25-20-13-5-4-12-19(20)23(28)22(27-15-6-1-7-16-27)24(29)26-21-14-8-10-17-9-2-3-11-18(17)21/h1-16H,(H-,26,28,29)/p+1. The summed E-state index contributed by atoms with van der Waals surface area (Å²) in [6, 6.07) is 26.9. The van der Waals surface area contributed by atoms with Gasteiger partial charge in [-0.05, 0) is 23.6 Å². The van der Waals surface area contributed by atoms with Crippen molar-refractivity contribution in [3.63, 3.8) is 0 Å². The van der Waals surface area contributed by atoms with Crippen LogP contribution in [0.15, 0.2) is 97.3 Å². The summed E-state index contributed by atoms with van der Waals surface area (Å²) in [4.78, 5) is 0.384. The third-order valence-electron chi connectivity index (χ3n) is 4.58. The predicted molar refractivity (Wildman–Crippen MR) is 124 cm³/mol. The van der Waals surface area contributed by atoms with Crippen LogP contribution < -0.4 is 9.88 Å². The maximum absolute atomic E-state index is 11.1. The molecule has 1 heterocycles. The second kappa shape index (κ2) is 8.43. The Hall–Kier alpha value is -3.21. The zero-order valence-corrected chi connectivity index (χ0v) is 17.0. The number of aliphatic hydroxyl groups is 1. The molecule has 0 radical (unpaired) electrons. The minimum absolute atomic E-state index is 0.00420. The lowest BCUT2D eigenvalue weighted by Crippen LogP contribution is -2.38. The summed E-state index contributed by atoms with van der Waals surface area (Å²) in [6.45, 7) is 0. The van der Waals surface area contributed by atoms with Gasteiger partial charge in [-0.1, -0.05) is 78.4 Å². The number of hydrogen-bond acceptors (Lipinski definition) is 2. The summed E-state index contributed by atoms with van der Waals surface area (Å²) in [5.41, 5.74) is 1.83. The molecule has 0 aliphatic heterocycles. The van der Waals surface area contributed by atoms with Crippen LogP contribution in [-0.2, 0) is 0 Å². The molecular formula is C24H18ClN2OS+. The summed E-state index contributed by atoms with van der Waals surface area (Å²) in [5, 5.41) is 17.0. The van der Waals surface area contributed by atoms with Crippen molar-refractivity contribution in [2.24, 2.45) is 0 Å². The molecule has 5 heteroatoms. The van der Waals surface area contributed by atoms with Crippen molar-refractivity contribution in [1.29, 1.82) is 0 Å². The van der Waals surface area contributed by atoms with E-state index in [9.17, 15) is 5.11 Å². The molecule has 142 valence electrons.